The maximum atomic E-state index is 11.1. The third kappa shape index (κ3) is 2.30. The van der Waals surface area contributed by atoms with Gasteiger partial charge in [0.05, 0.1) is 0 Å². The molecule has 92 valence electrons. The van der Waals surface area contributed by atoms with Crippen molar-refractivity contribution in [3.8, 4) is 0 Å². The number of carboxylic acid groups (broad SMARTS) is 1. The van der Waals surface area contributed by atoms with Crippen molar-refractivity contribution >= 4 is 5.97 Å². The molecule has 1 aromatic heterocycles. The van der Waals surface area contributed by atoms with Crippen molar-refractivity contribution in [1.29, 1.82) is 0 Å². The van der Waals surface area contributed by atoms with E-state index in [0.29, 0.717) is 19.5 Å². The Hall–Kier alpha value is -1.46. The van der Waals surface area contributed by atoms with Crippen LogP contribution in [0, 0.1) is 0 Å². The molecule has 1 fully saturated rings. The highest BCUT2D eigenvalue weighted by molar-refractivity contribution is 5.79. The van der Waals surface area contributed by atoms with Gasteiger partial charge in [0, 0.05) is 31.5 Å². The lowest BCUT2D eigenvalue weighted by molar-refractivity contribution is -0.142. The number of hydrogen-bond acceptors (Lipinski definition) is 4. The summed E-state index contributed by atoms with van der Waals surface area (Å²) in [6.07, 6.45) is 3.99. The summed E-state index contributed by atoms with van der Waals surface area (Å²) in [5, 5.41) is 9.08. The second-order valence-corrected chi connectivity index (χ2v) is 4.64. The van der Waals surface area contributed by atoms with E-state index < -0.39 is 11.5 Å². The summed E-state index contributed by atoms with van der Waals surface area (Å²) in [6.45, 7) is 3.17. The van der Waals surface area contributed by atoms with Crippen LogP contribution in [0.15, 0.2) is 24.5 Å². The molecule has 1 aromatic rings. The summed E-state index contributed by atoms with van der Waals surface area (Å²) in [5.74, 6) is -0.915. The molecule has 2 rings (SSSR count). The van der Waals surface area contributed by atoms with Crippen LogP contribution in [0.1, 0.15) is 24.9 Å². The average molecular weight is 235 g/mol. The number of carbonyl (C=O) groups is 1. The topological polar surface area (TPSA) is 79.5 Å². The van der Waals surface area contributed by atoms with Gasteiger partial charge in [-0.3, -0.25) is 14.7 Å². The minimum atomic E-state index is -1.10. The number of pyridine rings is 1. The van der Waals surface area contributed by atoms with Crippen LogP contribution in [0.4, 0.5) is 0 Å². The van der Waals surface area contributed by atoms with E-state index in [-0.39, 0.29) is 6.04 Å². The number of aromatic nitrogens is 1. The summed E-state index contributed by atoms with van der Waals surface area (Å²) in [7, 11) is 0. The summed E-state index contributed by atoms with van der Waals surface area (Å²) in [4.78, 5) is 17.1. The zero-order chi connectivity index (χ0) is 12.5. The molecule has 2 atom stereocenters. The molecule has 1 saturated heterocycles. The third-order valence-electron chi connectivity index (χ3n) is 3.49. The van der Waals surface area contributed by atoms with Crippen LogP contribution in [0.3, 0.4) is 0 Å². The first-order valence-corrected chi connectivity index (χ1v) is 5.69. The van der Waals surface area contributed by atoms with Crippen molar-refractivity contribution < 1.29 is 9.90 Å². The number of likely N-dealkylation sites (tertiary alicyclic amines) is 1. The highest BCUT2D eigenvalue weighted by Gasteiger charge is 2.42. The molecule has 0 amide bonds. The van der Waals surface area contributed by atoms with Crippen LogP contribution >= 0.6 is 0 Å². The zero-order valence-electron chi connectivity index (χ0n) is 9.84. The van der Waals surface area contributed by atoms with E-state index in [2.05, 4.69) is 16.8 Å². The van der Waals surface area contributed by atoms with Gasteiger partial charge in [-0.15, -0.1) is 0 Å². The lowest BCUT2D eigenvalue weighted by Gasteiger charge is -2.26. The second-order valence-electron chi connectivity index (χ2n) is 4.64. The van der Waals surface area contributed by atoms with E-state index in [1.54, 1.807) is 12.4 Å². The Morgan fingerprint density at radius 3 is 2.76 bits per heavy atom. The number of aliphatic carboxylic acids is 1. The highest BCUT2D eigenvalue weighted by atomic mass is 16.4. The van der Waals surface area contributed by atoms with E-state index in [1.165, 1.54) is 0 Å². The van der Waals surface area contributed by atoms with Crippen molar-refractivity contribution in [2.24, 2.45) is 5.73 Å². The van der Waals surface area contributed by atoms with Crippen LogP contribution in [0.25, 0.3) is 0 Å². The first-order chi connectivity index (χ1) is 8.03. The maximum Gasteiger partial charge on any atom is 0.325 e. The van der Waals surface area contributed by atoms with Crippen LogP contribution in [0.2, 0.25) is 0 Å². The van der Waals surface area contributed by atoms with Gasteiger partial charge in [0.1, 0.15) is 5.54 Å². The van der Waals surface area contributed by atoms with Crippen LogP contribution < -0.4 is 5.73 Å². The fraction of sp³-hybridized carbons (Fsp3) is 0.500. The first kappa shape index (κ1) is 12.0. The summed E-state index contributed by atoms with van der Waals surface area (Å²) in [5.41, 5.74) is 5.89. The van der Waals surface area contributed by atoms with Crippen LogP contribution in [0.5, 0.6) is 0 Å². The number of rotatable bonds is 3. The first-order valence-electron chi connectivity index (χ1n) is 5.69. The van der Waals surface area contributed by atoms with Crippen molar-refractivity contribution in [1.82, 2.24) is 9.88 Å². The van der Waals surface area contributed by atoms with E-state index in [1.807, 2.05) is 12.1 Å². The summed E-state index contributed by atoms with van der Waals surface area (Å²) >= 11 is 0. The quantitative estimate of drug-likeness (QED) is 0.803. The van der Waals surface area contributed by atoms with Gasteiger partial charge in [0.15, 0.2) is 0 Å². The van der Waals surface area contributed by atoms with Gasteiger partial charge >= 0.3 is 5.97 Å². The largest absolute Gasteiger partial charge is 0.480 e. The van der Waals surface area contributed by atoms with Gasteiger partial charge in [-0.1, -0.05) is 0 Å². The Kier molecular flexibility index (Phi) is 3.13. The van der Waals surface area contributed by atoms with E-state index in [0.717, 1.165) is 5.56 Å². The number of carboxylic acids is 1. The summed E-state index contributed by atoms with van der Waals surface area (Å²) < 4.78 is 0. The predicted octanol–water partition coefficient (Wildman–Crippen LogP) is 0.630. The van der Waals surface area contributed by atoms with E-state index in [9.17, 15) is 4.79 Å². The molecule has 2 heterocycles. The van der Waals surface area contributed by atoms with Crippen LogP contribution in [-0.2, 0) is 4.79 Å². The van der Waals surface area contributed by atoms with Gasteiger partial charge < -0.3 is 10.8 Å². The maximum absolute atomic E-state index is 11.1. The fourth-order valence-corrected chi connectivity index (χ4v) is 2.22. The number of hydrogen-bond donors (Lipinski definition) is 2. The second kappa shape index (κ2) is 4.43. The third-order valence-corrected chi connectivity index (χ3v) is 3.49. The Labute approximate surface area is 100 Å². The SMILES string of the molecule is CC(c1ccncc1)N1CCC(N)(C(=O)O)C1. The average Bonchev–Trinajstić information content (AvgIpc) is 2.74. The molecule has 0 spiro atoms. The highest BCUT2D eigenvalue weighted by Crippen LogP contribution is 2.28. The zero-order valence-corrected chi connectivity index (χ0v) is 9.84. The molecule has 2 unspecified atom stereocenters. The molecule has 5 nitrogen and oxygen atoms in total. The molecule has 3 N–H and O–H groups in total. The van der Waals surface area contributed by atoms with Crippen molar-refractivity contribution in [3.05, 3.63) is 30.1 Å². The molecule has 17 heavy (non-hydrogen) atoms. The monoisotopic (exact) mass is 235 g/mol. The standard InChI is InChI=1S/C12H17N3O2/c1-9(10-2-5-14-6-3-10)15-7-4-12(13,8-15)11(16)17/h2-3,5-6,9H,4,7-8,13H2,1H3,(H,16,17). The lowest BCUT2D eigenvalue weighted by Crippen LogP contribution is -2.50. The van der Waals surface area contributed by atoms with Gasteiger partial charge in [0.2, 0.25) is 0 Å². The molecule has 0 aliphatic carbocycles. The Balaban J connectivity index is 2.09. The predicted molar refractivity (Wildman–Crippen MR) is 63.4 cm³/mol. The van der Waals surface area contributed by atoms with Gasteiger partial charge in [0.25, 0.3) is 0 Å². The molecule has 5 heteroatoms. The normalized spacial score (nSPS) is 26.9. The van der Waals surface area contributed by atoms with Crippen molar-refractivity contribution in [2.75, 3.05) is 13.1 Å². The van der Waals surface area contributed by atoms with E-state index in [4.69, 9.17) is 10.8 Å². The molecule has 1 aliphatic rings. The molecule has 0 saturated carbocycles. The molecule has 0 radical (unpaired) electrons. The van der Waals surface area contributed by atoms with Crippen LogP contribution in [-0.4, -0.2) is 39.6 Å². The Bertz CT molecular complexity index is 409. The minimum absolute atomic E-state index is 0.169. The molecule has 0 aromatic carbocycles. The summed E-state index contributed by atoms with van der Waals surface area (Å²) in [6, 6.07) is 4.06. The fourth-order valence-electron chi connectivity index (χ4n) is 2.22. The molecular weight excluding hydrogens is 218 g/mol. The van der Waals surface area contributed by atoms with Crippen molar-refractivity contribution in [2.45, 2.75) is 24.9 Å². The van der Waals surface area contributed by atoms with E-state index >= 15 is 0 Å². The van der Waals surface area contributed by atoms with Gasteiger partial charge in [-0.2, -0.15) is 0 Å². The number of nitrogens with two attached hydrogens (primary N) is 1. The lowest BCUT2D eigenvalue weighted by atomic mass is 10.0. The molecule has 0 bridgehead atoms. The minimum Gasteiger partial charge on any atom is -0.480 e. The molecular formula is C12H17N3O2. The van der Waals surface area contributed by atoms with Gasteiger partial charge in [-0.05, 0) is 31.0 Å². The number of nitrogens with zero attached hydrogens (tertiary/aromatic N) is 2. The van der Waals surface area contributed by atoms with Gasteiger partial charge in [-0.25, -0.2) is 0 Å². The molecule has 1 aliphatic heterocycles. The van der Waals surface area contributed by atoms with Crippen molar-refractivity contribution in [3.63, 3.8) is 0 Å². The Morgan fingerprint density at radius 1 is 1.59 bits per heavy atom. The Morgan fingerprint density at radius 2 is 2.24 bits per heavy atom. The smallest absolute Gasteiger partial charge is 0.325 e.